The van der Waals surface area contributed by atoms with Crippen LogP contribution in [-0.2, 0) is 29.1 Å². The van der Waals surface area contributed by atoms with Gasteiger partial charge in [-0.2, -0.15) is 0 Å². The van der Waals surface area contributed by atoms with E-state index >= 15 is 0 Å². The van der Waals surface area contributed by atoms with Crippen LogP contribution in [0.3, 0.4) is 0 Å². The van der Waals surface area contributed by atoms with E-state index in [-0.39, 0.29) is 17.8 Å². The number of esters is 1. The summed E-state index contributed by atoms with van der Waals surface area (Å²) in [4.78, 5) is 16.2. The van der Waals surface area contributed by atoms with Crippen molar-refractivity contribution in [3.63, 3.8) is 0 Å². The molecule has 1 atom stereocenters. The van der Waals surface area contributed by atoms with Gasteiger partial charge in [0.05, 0.1) is 32.2 Å². The Morgan fingerprint density at radius 2 is 2.08 bits per heavy atom. The van der Waals surface area contributed by atoms with Crippen molar-refractivity contribution < 1.29 is 19.4 Å². The van der Waals surface area contributed by atoms with Gasteiger partial charge in [0.15, 0.2) is 5.16 Å². The molecule has 6 nitrogen and oxygen atoms in total. The summed E-state index contributed by atoms with van der Waals surface area (Å²) in [6.07, 6.45) is 2.43. The summed E-state index contributed by atoms with van der Waals surface area (Å²) < 4.78 is 12.2. The van der Waals surface area contributed by atoms with Crippen LogP contribution in [0.1, 0.15) is 25.1 Å². The highest BCUT2D eigenvalue weighted by Gasteiger charge is 2.19. The number of nitrogens with zero attached hydrogens (tertiary/aromatic N) is 2. The molecule has 0 aliphatic carbocycles. The first-order valence-electron chi connectivity index (χ1n) is 8.20. The van der Waals surface area contributed by atoms with Crippen LogP contribution in [0.15, 0.2) is 35.6 Å². The summed E-state index contributed by atoms with van der Waals surface area (Å²) in [5, 5.41) is 9.90. The van der Waals surface area contributed by atoms with Crippen LogP contribution in [0.2, 0.25) is 0 Å². The van der Waals surface area contributed by atoms with Crippen LogP contribution in [-0.4, -0.2) is 39.6 Å². The molecule has 0 bridgehead atoms. The zero-order valence-corrected chi connectivity index (χ0v) is 15.6. The van der Waals surface area contributed by atoms with E-state index in [0.29, 0.717) is 18.3 Å². The summed E-state index contributed by atoms with van der Waals surface area (Å²) in [7, 11) is 1.64. The van der Waals surface area contributed by atoms with Crippen LogP contribution < -0.4 is 4.74 Å². The van der Waals surface area contributed by atoms with Crippen LogP contribution in [0.25, 0.3) is 0 Å². The number of ether oxygens (including phenoxy) is 2. The lowest BCUT2D eigenvalue weighted by Gasteiger charge is -2.13. The number of carbonyl (C=O) groups excluding carboxylic acids is 1. The number of aromatic nitrogens is 2. The van der Waals surface area contributed by atoms with Crippen molar-refractivity contribution in [1.29, 1.82) is 0 Å². The summed E-state index contributed by atoms with van der Waals surface area (Å²) >= 11 is 1.34. The maximum Gasteiger partial charge on any atom is 0.319 e. The van der Waals surface area contributed by atoms with Crippen molar-refractivity contribution in [2.24, 2.45) is 0 Å². The molecule has 25 heavy (non-hydrogen) atoms. The molecule has 7 heteroatoms. The van der Waals surface area contributed by atoms with Gasteiger partial charge in [-0.05, 0) is 38.0 Å². The Morgan fingerprint density at radius 3 is 2.68 bits per heavy atom. The molecule has 0 aliphatic rings. The van der Waals surface area contributed by atoms with E-state index < -0.39 is 0 Å². The molecule has 0 aliphatic heterocycles. The van der Waals surface area contributed by atoms with Crippen molar-refractivity contribution >= 4 is 17.7 Å². The Bertz CT molecular complexity index is 685. The predicted molar refractivity (Wildman–Crippen MR) is 96.8 cm³/mol. The molecule has 1 heterocycles. The van der Waals surface area contributed by atoms with Gasteiger partial charge < -0.3 is 19.1 Å². The number of aliphatic hydroxyl groups is 1. The third kappa shape index (κ3) is 5.24. The highest BCUT2D eigenvalue weighted by Crippen LogP contribution is 2.25. The molecular weight excluding hydrogens is 340 g/mol. The molecule has 1 unspecified atom stereocenters. The Balaban J connectivity index is 2.07. The lowest BCUT2D eigenvalue weighted by molar-refractivity contribution is -0.142. The molecule has 2 aromatic rings. The molecule has 0 fully saturated rings. The number of hydrogen-bond donors (Lipinski definition) is 1. The summed E-state index contributed by atoms with van der Waals surface area (Å²) in [5.41, 5.74) is 1.89. The number of benzene rings is 1. The van der Waals surface area contributed by atoms with E-state index in [1.807, 2.05) is 28.8 Å². The average molecular weight is 364 g/mol. The van der Waals surface area contributed by atoms with Crippen LogP contribution >= 0.6 is 11.8 Å². The highest BCUT2D eigenvalue weighted by atomic mass is 32.2. The molecule has 0 radical (unpaired) electrons. The fraction of sp³-hybridized carbons (Fsp3) is 0.444. The number of hydrogen-bond acceptors (Lipinski definition) is 6. The van der Waals surface area contributed by atoms with E-state index in [9.17, 15) is 9.90 Å². The standard InChI is InChI=1S/C18H24N2O4S/c1-4-24-17(22)13(2)25-18-19-11-15(12-21)20(18)10-9-14-5-7-16(23-3)8-6-14/h5-8,11,13,21H,4,9-10,12H2,1-3H3. The smallest absolute Gasteiger partial charge is 0.319 e. The van der Waals surface area contributed by atoms with Gasteiger partial charge >= 0.3 is 5.97 Å². The van der Waals surface area contributed by atoms with Gasteiger partial charge in [0.1, 0.15) is 11.0 Å². The van der Waals surface area contributed by atoms with Gasteiger partial charge in [0.25, 0.3) is 0 Å². The average Bonchev–Trinajstić information content (AvgIpc) is 3.02. The first-order chi connectivity index (χ1) is 12.1. The van der Waals surface area contributed by atoms with E-state index in [0.717, 1.165) is 23.4 Å². The minimum atomic E-state index is -0.353. The zero-order chi connectivity index (χ0) is 18.2. The van der Waals surface area contributed by atoms with Gasteiger partial charge in [-0.15, -0.1) is 0 Å². The van der Waals surface area contributed by atoms with Gasteiger partial charge in [-0.1, -0.05) is 23.9 Å². The molecular formula is C18H24N2O4S. The SMILES string of the molecule is CCOC(=O)C(C)Sc1ncc(CO)n1CCc1ccc(OC)cc1. The summed E-state index contributed by atoms with van der Waals surface area (Å²) in [6, 6.07) is 7.88. The molecule has 1 aromatic heterocycles. The Kier molecular flexibility index (Phi) is 7.33. The highest BCUT2D eigenvalue weighted by molar-refractivity contribution is 8.00. The van der Waals surface area contributed by atoms with Crippen LogP contribution in [0.5, 0.6) is 5.75 Å². The normalized spacial score (nSPS) is 12.0. The van der Waals surface area contributed by atoms with E-state index in [2.05, 4.69) is 4.98 Å². The van der Waals surface area contributed by atoms with Crippen molar-refractivity contribution in [1.82, 2.24) is 9.55 Å². The van der Waals surface area contributed by atoms with Gasteiger partial charge in [-0.25, -0.2) is 4.98 Å². The lowest BCUT2D eigenvalue weighted by atomic mass is 10.1. The second kappa shape index (κ2) is 9.48. The van der Waals surface area contributed by atoms with Crippen molar-refractivity contribution in [2.45, 2.75) is 43.8 Å². The maximum absolute atomic E-state index is 11.8. The molecule has 2 rings (SSSR count). The van der Waals surface area contributed by atoms with E-state index in [1.165, 1.54) is 11.8 Å². The maximum atomic E-state index is 11.8. The number of imidazole rings is 1. The third-order valence-electron chi connectivity index (χ3n) is 3.75. The Morgan fingerprint density at radius 1 is 1.36 bits per heavy atom. The van der Waals surface area contributed by atoms with Crippen molar-refractivity contribution in [3.8, 4) is 5.75 Å². The molecule has 1 N–H and O–H groups in total. The minimum absolute atomic E-state index is 0.0933. The van der Waals surface area contributed by atoms with Gasteiger partial charge in [-0.3, -0.25) is 4.79 Å². The Hall–Kier alpha value is -1.99. The minimum Gasteiger partial charge on any atom is -0.497 e. The summed E-state index contributed by atoms with van der Waals surface area (Å²) in [6.45, 7) is 4.51. The number of carbonyl (C=O) groups is 1. The fourth-order valence-electron chi connectivity index (χ4n) is 2.35. The largest absolute Gasteiger partial charge is 0.497 e. The first kappa shape index (κ1) is 19.3. The second-order valence-corrected chi connectivity index (χ2v) is 6.76. The molecule has 0 spiro atoms. The third-order valence-corrected chi connectivity index (χ3v) is 4.83. The molecule has 136 valence electrons. The number of rotatable bonds is 9. The number of aryl methyl sites for hydroxylation is 1. The molecule has 0 saturated carbocycles. The van der Waals surface area contributed by atoms with Gasteiger partial charge in [0.2, 0.25) is 0 Å². The van der Waals surface area contributed by atoms with Gasteiger partial charge in [0, 0.05) is 6.54 Å². The number of thioether (sulfide) groups is 1. The second-order valence-electron chi connectivity index (χ2n) is 5.45. The first-order valence-corrected chi connectivity index (χ1v) is 9.08. The topological polar surface area (TPSA) is 73.6 Å². The fourth-order valence-corrected chi connectivity index (χ4v) is 3.28. The monoisotopic (exact) mass is 364 g/mol. The number of aliphatic hydroxyl groups excluding tert-OH is 1. The Labute approximate surface area is 152 Å². The van der Waals surface area contributed by atoms with Crippen molar-refractivity contribution in [3.05, 3.63) is 41.7 Å². The summed E-state index contributed by atoms with van der Waals surface area (Å²) in [5.74, 6) is 0.560. The zero-order valence-electron chi connectivity index (χ0n) is 14.8. The van der Waals surface area contributed by atoms with E-state index in [1.54, 1.807) is 27.2 Å². The quantitative estimate of drug-likeness (QED) is 0.545. The predicted octanol–water partition coefficient (Wildman–Crippen LogP) is 2.67. The molecule has 1 aromatic carbocycles. The molecule has 0 saturated heterocycles. The molecule has 0 amide bonds. The van der Waals surface area contributed by atoms with Crippen molar-refractivity contribution in [2.75, 3.05) is 13.7 Å². The van der Waals surface area contributed by atoms with Crippen LogP contribution in [0.4, 0.5) is 0 Å². The lowest BCUT2D eigenvalue weighted by Crippen LogP contribution is -2.18. The van der Waals surface area contributed by atoms with Crippen LogP contribution in [0, 0.1) is 0 Å². The van der Waals surface area contributed by atoms with E-state index in [4.69, 9.17) is 9.47 Å². The number of methoxy groups -OCH3 is 1.